The maximum atomic E-state index is 12.3. The summed E-state index contributed by atoms with van der Waals surface area (Å²) in [6, 6.07) is 7.63. The molecule has 1 fully saturated rings. The van der Waals surface area contributed by atoms with E-state index in [1.807, 2.05) is 17.0 Å². The van der Waals surface area contributed by atoms with Gasteiger partial charge in [-0.1, -0.05) is 12.1 Å². The molecule has 1 aromatic rings. The lowest BCUT2D eigenvalue weighted by Gasteiger charge is -2.33. The van der Waals surface area contributed by atoms with Gasteiger partial charge in [-0.15, -0.1) is 0 Å². The first-order valence-corrected chi connectivity index (χ1v) is 5.85. The molecule has 1 saturated heterocycles. The molecule has 1 amide bonds. The molecule has 0 bridgehead atoms. The zero-order chi connectivity index (χ0) is 11.5. The van der Waals surface area contributed by atoms with Crippen LogP contribution in [0.3, 0.4) is 0 Å². The summed E-state index contributed by atoms with van der Waals surface area (Å²) in [4.78, 5) is 14.2. The summed E-state index contributed by atoms with van der Waals surface area (Å²) < 4.78 is 0. The van der Waals surface area contributed by atoms with E-state index in [1.165, 1.54) is 6.42 Å². The van der Waals surface area contributed by atoms with Crippen molar-refractivity contribution in [3.05, 3.63) is 29.8 Å². The molecule has 1 aliphatic rings. The maximum Gasteiger partial charge on any atom is 0.256 e. The van der Waals surface area contributed by atoms with Gasteiger partial charge in [-0.25, -0.2) is 0 Å². The number of nitrogen functional groups attached to an aromatic ring is 1. The first-order chi connectivity index (χ1) is 7.70. The van der Waals surface area contributed by atoms with Crippen molar-refractivity contribution in [3.8, 4) is 0 Å². The van der Waals surface area contributed by atoms with Gasteiger partial charge in [-0.2, -0.15) is 0 Å². The quantitative estimate of drug-likeness (QED) is 0.735. The molecule has 0 saturated carbocycles. The molecule has 1 aromatic carbocycles. The van der Waals surface area contributed by atoms with Gasteiger partial charge in [0, 0.05) is 18.3 Å². The van der Waals surface area contributed by atoms with E-state index < -0.39 is 0 Å². The third-order valence-corrected chi connectivity index (χ3v) is 3.26. The molecule has 16 heavy (non-hydrogen) atoms. The minimum Gasteiger partial charge on any atom is -0.398 e. The van der Waals surface area contributed by atoms with Gasteiger partial charge in [0.2, 0.25) is 0 Å². The van der Waals surface area contributed by atoms with Crippen LogP contribution in [0.4, 0.5) is 5.69 Å². The van der Waals surface area contributed by atoms with E-state index in [4.69, 9.17) is 5.73 Å². The fourth-order valence-corrected chi connectivity index (χ4v) is 2.25. The summed E-state index contributed by atoms with van der Waals surface area (Å²) in [6.45, 7) is 2.96. The summed E-state index contributed by atoms with van der Waals surface area (Å²) in [7, 11) is 0. The van der Waals surface area contributed by atoms with E-state index in [2.05, 4.69) is 6.92 Å². The fourth-order valence-electron chi connectivity index (χ4n) is 2.25. The number of nitrogens with two attached hydrogens (primary N) is 1. The van der Waals surface area contributed by atoms with Crippen LogP contribution in [0.1, 0.15) is 36.5 Å². The van der Waals surface area contributed by atoms with E-state index in [0.29, 0.717) is 17.3 Å². The Labute approximate surface area is 96.2 Å². The molecule has 2 rings (SSSR count). The highest BCUT2D eigenvalue weighted by atomic mass is 16.2. The summed E-state index contributed by atoms with van der Waals surface area (Å²) >= 11 is 0. The van der Waals surface area contributed by atoms with Crippen LogP contribution in [-0.4, -0.2) is 23.4 Å². The minimum atomic E-state index is 0.0744. The molecule has 3 nitrogen and oxygen atoms in total. The first-order valence-electron chi connectivity index (χ1n) is 5.85. The number of likely N-dealkylation sites (tertiary alicyclic amines) is 1. The lowest BCUT2D eigenvalue weighted by molar-refractivity contribution is 0.0637. The molecule has 1 heterocycles. The highest BCUT2D eigenvalue weighted by Gasteiger charge is 2.24. The van der Waals surface area contributed by atoms with Crippen LogP contribution >= 0.6 is 0 Å². The van der Waals surface area contributed by atoms with Crippen LogP contribution in [0.5, 0.6) is 0 Å². The van der Waals surface area contributed by atoms with Crippen LogP contribution in [0.2, 0.25) is 0 Å². The topological polar surface area (TPSA) is 46.3 Å². The third-order valence-electron chi connectivity index (χ3n) is 3.26. The van der Waals surface area contributed by atoms with Gasteiger partial charge in [0.05, 0.1) is 5.56 Å². The number of nitrogens with zero attached hydrogens (tertiary/aromatic N) is 1. The number of rotatable bonds is 1. The standard InChI is InChI=1S/C13H18N2O/c1-10-6-4-5-9-15(10)13(16)11-7-2-3-8-12(11)14/h2-3,7-8,10H,4-6,9,14H2,1H3. The number of para-hydroxylation sites is 1. The zero-order valence-electron chi connectivity index (χ0n) is 9.65. The van der Waals surface area contributed by atoms with Crippen molar-refractivity contribution in [1.29, 1.82) is 0 Å². The molecule has 2 N–H and O–H groups in total. The van der Waals surface area contributed by atoms with Crippen molar-refractivity contribution in [2.45, 2.75) is 32.2 Å². The Morgan fingerprint density at radius 3 is 2.81 bits per heavy atom. The van der Waals surface area contributed by atoms with Gasteiger partial charge in [-0.05, 0) is 38.3 Å². The molecule has 0 aromatic heterocycles. The Morgan fingerprint density at radius 1 is 1.38 bits per heavy atom. The summed E-state index contributed by atoms with van der Waals surface area (Å²) in [5, 5.41) is 0. The van der Waals surface area contributed by atoms with Gasteiger partial charge in [-0.3, -0.25) is 4.79 Å². The lowest BCUT2D eigenvalue weighted by Crippen LogP contribution is -2.42. The summed E-state index contributed by atoms with van der Waals surface area (Å²) in [5.74, 6) is 0.0744. The van der Waals surface area contributed by atoms with Crippen LogP contribution in [-0.2, 0) is 0 Å². The smallest absolute Gasteiger partial charge is 0.256 e. The number of piperidine rings is 1. The average molecular weight is 218 g/mol. The largest absolute Gasteiger partial charge is 0.398 e. The molecular formula is C13H18N2O. The lowest BCUT2D eigenvalue weighted by atomic mass is 10.0. The SMILES string of the molecule is CC1CCCCN1C(=O)c1ccccc1N. The zero-order valence-corrected chi connectivity index (χ0v) is 9.65. The number of hydrogen-bond donors (Lipinski definition) is 1. The van der Waals surface area contributed by atoms with Crippen molar-refractivity contribution in [2.75, 3.05) is 12.3 Å². The van der Waals surface area contributed by atoms with Crippen molar-refractivity contribution in [1.82, 2.24) is 4.90 Å². The second-order valence-corrected chi connectivity index (χ2v) is 4.43. The Bertz CT molecular complexity index is 389. The minimum absolute atomic E-state index is 0.0744. The number of benzene rings is 1. The predicted octanol–water partition coefficient (Wildman–Crippen LogP) is 2.28. The third kappa shape index (κ3) is 2.03. The van der Waals surface area contributed by atoms with Crippen molar-refractivity contribution < 1.29 is 4.79 Å². The fraction of sp³-hybridized carbons (Fsp3) is 0.462. The number of amides is 1. The second kappa shape index (κ2) is 4.56. The number of anilines is 1. The van der Waals surface area contributed by atoms with Crippen LogP contribution in [0.15, 0.2) is 24.3 Å². The van der Waals surface area contributed by atoms with Crippen molar-refractivity contribution in [3.63, 3.8) is 0 Å². The molecule has 1 unspecified atom stereocenters. The van der Waals surface area contributed by atoms with E-state index in [-0.39, 0.29) is 5.91 Å². The molecular weight excluding hydrogens is 200 g/mol. The normalized spacial score (nSPS) is 20.8. The van der Waals surface area contributed by atoms with Crippen LogP contribution in [0.25, 0.3) is 0 Å². The Kier molecular flexibility index (Phi) is 3.13. The van der Waals surface area contributed by atoms with Crippen molar-refractivity contribution >= 4 is 11.6 Å². The second-order valence-electron chi connectivity index (χ2n) is 4.43. The monoisotopic (exact) mass is 218 g/mol. The Hall–Kier alpha value is -1.51. The van der Waals surface area contributed by atoms with Crippen LogP contribution in [0, 0.1) is 0 Å². The van der Waals surface area contributed by atoms with Crippen molar-refractivity contribution in [2.24, 2.45) is 0 Å². The Morgan fingerprint density at radius 2 is 2.12 bits per heavy atom. The van der Waals surface area contributed by atoms with E-state index in [0.717, 1.165) is 19.4 Å². The Balaban J connectivity index is 2.21. The maximum absolute atomic E-state index is 12.3. The molecule has 3 heteroatoms. The number of hydrogen-bond acceptors (Lipinski definition) is 2. The molecule has 0 aliphatic carbocycles. The summed E-state index contributed by atoms with van der Waals surface area (Å²) in [5.41, 5.74) is 7.04. The highest BCUT2D eigenvalue weighted by Crippen LogP contribution is 2.21. The number of carbonyl (C=O) groups is 1. The number of carbonyl (C=O) groups excluding carboxylic acids is 1. The molecule has 0 radical (unpaired) electrons. The average Bonchev–Trinajstić information content (AvgIpc) is 2.29. The van der Waals surface area contributed by atoms with Gasteiger partial charge in [0.1, 0.15) is 0 Å². The molecule has 1 aliphatic heterocycles. The van der Waals surface area contributed by atoms with E-state index in [1.54, 1.807) is 12.1 Å². The van der Waals surface area contributed by atoms with Gasteiger partial charge < -0.3 is 10.6 Å². The molecule has 1 atom stereocenters. The molecule has 0 spiro atoms. The highest BCUT2D eigenvalue weighted by molar-refractivity contribution is 5.99. The predicted molar refractivity (Wildman–Crippen MR) is 65.2 cm³/mol. The van der Waals surface area contributed by atoms with E-state index >= 15 is 0 Å². The van der Waals surface area contributed by atoms with Crippen LogP contribution < -0.4 is 5.73 Å². The van der Waals surface area contributed by atoms with Gasteiger partial charge in [0.15, 0.2) is 0 Å². The van der Waals surface area contributed by atoms with E-state index in [9.17, 15) is 4.79 Å². The van der Waals surface area contributed by atoms with Gasteiger partial charge >= 0.3 is 0 Å². The summed E-state index contributed by atoms with van der Waals surface area (Å²) in [6.07, 6.45) is 3.41. The van der Waals surface area contributed by atoms with Gasteiger partial charge in [0.25, 0.3) is 5.91 Å². The molecule has 86 valence electrons. The first kappa shape index (κ1) is 11.0.